The van der Waals surface area contributed by atoms with Crippen molar-refractivity contribution in [3.63, 3.8) is 0 Å². The number of ether oxygens (including phenoxy) is 1. The number of hydrogen-bond acceptors (Lipinski definition) is 3. The first-order chi connectivity index (χ1) is 8.43. The van der Waals surface area contributed by atoms with Crippen molar-refractivity contribution >= 4 is 5.91 Å². The van der Waals surface area contributed by atoms with Crippen LogP contribution in [0.25, 0.3) is 0 Å². The van der Waals surface area contributed by atoms with Crippen LogP contribution < -0.4 is 5.73 Å². The second-order valence-electron chi connectivity index (χ2n) is 5.24. The van der Waals surface area contributed by atoms with Gasteiger partial charge in [0.1, 0.15) is 0 Å². The fourth-order valence-electron chi connectivity index (χ4n) is 2.17. The van der Waals surface area contributed by atoms with Crippen LogP contribution in [-0.2, 0) is 9.53 Å². The normalized spacial score (nSPS) is 16.1. The number of nitrogens with two attached hydrogens (primary N) is 1. The van der Waals surface area contributed by atoms with Gasteiger partial charge in [-0.15, -0.1) is 0 Å². The highest BCUT2D eigenvalue weighted by molar-refractivity contribution is 5.78. The summed E-state index contributed by atoms with van der Waals surface area (Å²) in [6, 6.07) is 0.366. The van der Waals surface area contributed by atoms with Crippen molar-refractivity contribution in [2.45, 2.75) is 59.0 Å². The third-order valence-corrected chi connectivity index (χ3v) is 3.28. The van der Waals surface area contributed by atoms with E-state index < -0.39 is 0 Å². The van der Waals surface area contributed by atoms with Gasteiger partial charge in [-0.1, -0.05) is 13.3 Å². The van der Waals surface area contributed by atoms with Crippen molar-refractivity contribution in [2.75, 3.05) is 20.3 Å². The minimum Gasteiger partial charge on any atom is -0.383 e. The summed E-state index contributed by atoms with van der Waals surface area (Å²) < 4.78 is 5.12. The molecule has 0 saturated heterocycles. The third-order valence-electron chi connectivity index (χ3n) is 3.28. The zero-order valence-corrected chi connectivity index (χ0v) is 12.6. The maximum Gasteiger partial charge on any atom is 0.225 e. The summed E-state index contributed by atoms with van der Waals surface area (Å²) >= 11 is 0. The van der Waals surface area contributed by atoms with E-state index in [1.54, 1.807) is 7.11 Å². The van der Waals surface area contributed by atoms with Crippen molar-refractivity contribution in [1.82, 2.24) is 4.90 Å². The molecule has 4 nitrogen and oxygen atoms in total. The predicted octanol–water partition coefficient (Wildman–Crippen LogP) is 2.02. The van der Waals surface area contributed by atoms with Crippen LogP contribution in [0.5, 0.6) is 0 Å². The standard InChI is InChI=1S/C14H30N2O2/c1-6-16(13(4)10-18-5)14(17)11(2)8-7-9-12(3)15/h11-13H,6-10,15H2,1-5H3. The minimum absolute atomic E-state index is 0.0722. The Morgan fingerprint density at radius 3 is 2.33 bits per heavy atom. The van der Waals surface area contributed by atoms with Crippen LogP contribution >= 0.6 is 0 Å². The van der Waals surface area contributed by atoms with Gasteiger partial charge in [-0.2, -0.15) is 0 Å². The van der Waals surface area contributed by atoms with E-state index in [0.717, 1.165) is 25.8 Å². The molecular weight excluding hydrogens is 228 g/mol. The van der Waals surface area contributed by atoms with Crippen LogP contribution in [0.2, 0.25) is 0 Å². The zero-order valence-electron chi connectivity index (χ0n) is 12.6. The largest absolute Gasteiger partial charge is 0.383 e. The Labute approximate surface area is 112 Å². The van der Waals surface area contributed by atoms with Gasteiger partial charge in [0.2, 0.25) is 5.91 Å². The van der Waals surface area contributed by atoms with Gasteiger partial charge in [0.15, 0.2) is 0 Å². The highest BCUT2D eigenvalue weighted by Crippen LogP contribution is 2.14. The molecule has 18 heavy (non-hydrogen) atoms. The Balaban J connectivity index is 4.22. The summed E-state index contributed by atoms with van der Waals surface area (Å²) in [7, 11) is 1.67. The van der Waals surface area contributed by atoms with Crippen molar-refractivity contribution in [3.8, 4) is 0 Å². The quantitative estimate of drug-likeness (QED) is 0.688. The number of rotatable bonds is 9. The summed E-state index contributed by atoms with van der Waals surface area (Å²) in [4.78, 5) is 14.2. The molecule has 0 aromatic carbocycles. The monoisotopic (exact) mass is 258 g/mol. The fraction of sp³-hybridized carbons (Fsp3) is 0.929. The van der Waals surface area contributed by atoms with Gasteiger partial charge in [-0.05, 0) is 33.6 Å². The average Bonchev–Trinajstić information content (AvgIpc) is 2.29. The molecule has 0 aliphatic rings. The van der Waals surface area contributed by atoms with Gasteiger partial charge in [0.25, 0.3) is 0 Å². The average molecular weight is 258 g/mol. The summed E-state index contributed by atoms with van der Waals surface area (Å²) in [5.74, 6) is 0.301. The molecule has 0 spiro atoms. The lowest BCUT2D eigenvalue weighted by Crippen LogP contribution is -2.43. The summed E-state index contributed by atoms with van der Waals surface area (Å²) in [6.07, 6.45) is 2.91. The van der Waals surface area contributed by atoms with E-state index in [2.05, 4.69) is 0 Å². The Morgan fingerprint density at radius 1 is 1.28 bits per heavy atom. The number of carbonyl (C=O) groups excluding carboxylic acids is 1. The number of methoxy groups -OCH3 is 1. The van der Waals surface area contributed by atoms with Gasteiger partial charge < -0.3 is 15.4 Å². The SMILES string of the molecule is CCN(C(=O)C(C)CCCC(C)N)C(C)COC. The Kier molecular flexibility index (Phi) is 9.02. The molecule has 0 aromatic heterocycles. The lowest BCUT2D eigenvalue weighted by atomic mass is 10.00. The molecule has 0 fully saturated rings. The van der Waals surface area contributed by atoms with Crippen LogP contribution in [0.3, 0.4) is 0 Å². The van der Waals surface area contributed by atoms with E-state index in [-0.39, 0.29) is 23.9 Å². The van der Waals surface area contributed by atoms with E-state index in [0.29, 0.717) is 6.61 Å². The van der Waals surface area contributed by atoms with Crippen molar-refractivity contribution in [1.29, 1.82) is 0 Å². The van der Waals surface area contributed by atoms with Crippen LogP contribution in [0.1, 0.15) is 47.0 Å². The molecule has 3 atom stereocenters. The van der Waals surface area contributed by atoms with Crippen LogP contribution in [0.4, 0.5) is 0 Å². The number of hydrogen-bond donors (Lipinski definition) is 1. The lowest BCUT2D eigenvalue weighted by Gasteiger charge is -2.30. The zero-order chi connectivity index (χ0) is 14.1. The highest BCUT2D eigenvalue weighted by Gasteiger charge is 2.23. The molecule has 0 radical (unpaired) electrons. The molecule has 0 bridgehead atoms. The first-order valence-corrected chi connectivity index (χ1v) is 6.98. The van der Waals surface area contributed by atoms with Gasteiger partial charge in [-0.25, -0.2) is 0 Å². The molecule has 0 aliphatic heterocycles. The number of amides is 1. The van der Waals surface area contributed by atoms with Gasteiger partial charge >= 0.3 is 0 Å². The Hall–Kier alpha value is -0.610. The van der Waals surface area contributed by atoms with E-state index in [4.69, 9.17) is 10.5 Å². The molecule has 0 saturated carbocycles. The fourth-order valence-corrected chi connectivity index (χ4v) is 2.17. The summed E-state index contributed by atoms with van der Waals surface area (Å²) in [5, 5.41) is 0. The molecule has 2 N–H and O–H groups in total. The van der Waals surface area contributed by atoms with Crippen molar-refractivity contribution < 1.29 is 9.53 Å². The van der Waals surface area contributed by atoms with Crippen LogP contribution in [0, 0.1) is 5.92 Å². The number of nitrogens with zero attached hydrogens (tertiary/aromatic N) is 1. The van der Waals surface area contributed by atoms with E-state index in [1.807, 2.05) is 32.6 Å². The molecule has 4 heteroatoms. The molecule has 0 aliphatic carbocycles. The van der Waals surface area contributed by atoms with Crippen molar-refractivity contribution in [3.05, 3.63) is 0 Å². The molecular formula is C14H30N2O2. The van der Waals surface area contributed by atoms with Gasteiger partial charge in [0.05, 0.1) is 12.6 Å². The number of likely N-dealkylation sites (N-methyl/N-ethyl adjacent to an activating group) is 1. The first kappa shape index (κ1) is 17.4. The molecule has 0 rings (SSSR count). The Bertz CT molecular complexity index is 232. The molecule has 108 valence electrons. The maximum absolute atomic E-state index is 12.3. The molecule has 1 amide bonds. The van der Waals surface area contributed by atoms with Crippen molar-refractivity contribution in [2.24, 2.45) is 11.7 Å². The van der Waals surface area contributed by atoms with E-state index in [9.17, 15) is 4.79 Å². The smallest absolute Gasteiger partial charge is 0.225 e. The Morgan fingerprint density at radius 2 is 1.89 bits per heavy atom. The lowest BCUT2D eigenvalue weighted by molar-refractivity contribution is -0.138. The first-order valence-electron chi connectivity index (χ1n) is 6.98. The molecule has 0 aromatic rings. The maximum atomic E-state index is 12.3. The summed E-state index contributed by atoms with van der Waals surface area (Å²) in [5.41, 5.74) is 5.72. The second kappa shape index (κ2) is 9.34. The molecule has 0 heterocycles. The minimum atomic E-state index is 0.0722. The third kappa shape index (κ3) is 6.36. The van der Waals surface area contributed by atoms with E-state index >= 15 is 0 Å². The summed E-state index contributed by atoms with van der Waals surface area (Å²) in [6.45, 7) is 9.38. The predicted molar refractivity (Wildman–Crippen MR) is 75.4 cm³/mol. The highest BCUT2D eigenvalue weighted by atomic mass is 16.5. The van der Waals surface area contributed by atoms with Crippen LogP contribution in [-0.4, -0.2) is 43.2 Å². The second-order valence-corrected chi connectivity index (χ2v) is 5.24. The molecule has 3 unspecified atom stereocenters. The van der Waals surface area contributed by atoms with Gasteiger partial charge in [0, 0.05) is 25.6 Å². The number of carbonyl (C=O) groups is 1. The topological polar surface area (TPSA) is 55.6 Å². The van der Waals surface area contributed by atoms with Gasteiger partial charge in [-0.3, -0.25) is 4.79 Å². The van der Waals surface area contributed by atoms with E-state index in [1.165, 1.54) is 0 Å². The van der Waals surface area contributed by atoms with Crippen LogP contribution in [0.15, 0.2) is 0 Å².